The second-order valence-corrected chi connectivity index (χ2v) is 11.0. The van der Waals surface area contributed by atoms with Crippen LogP contribution >= 0.6 is 34.7 Å². The number of benzene rings is 1. The third-order valence-corrected chi connectivity index (χ3v) is 8.62. The van der Waals surface area contributed by atoms with Crippen LogP contribution in [0.4, 0.5) is 4.39 Å². The van der Waals surface area contributed by atoms with Crippen LogP contribution in [0.2, 0.25) is 5.02 Å². The molecule has 0 aliphatic carbocycles. The maximum atomic E-state index is 15.5. The summed E-state index contributed by atoms with van der Waals surface area (Å²) in [5.41, 5.74) is 1.05. The van der Waals surface area contributed by atoms with Gasteiger partial charge >= 0.3 is 5.97 Å². The normalized spacial score (nSPS) is 19.9. The number of pyridine rings is 1. The first-order chi connectivity index (χ1) is 16.5. The minimum atomic E-state index is -1.31. The number of hydrogen-bond donors (Lipinski definition) is 1. The van der Waals surface area contributed by atoms with Gasteiger partial charge in [-0.25, -0.2) is 9.37 Å². The smallest absolute Gasteiger partial charge is 0.308 e. The first-order valence-electron chi connectivity index (χ1n) is 11.2. The number of carbonyl (C=O) groups is 1. The van der Waals surface area contributed by atoms with Crippen molar-refractivity contribution in [2.75, 3.05) is 32.5 Å². The number of likely N-dealkylation sites (tertiary alicyclic amines) is 1. The lowest BCUT2D eigenvalue weighted by molar-refractivity contribution is -0.146. The molecule has 0 saturated carbocycles. The Hall–Kier alpha value is -1.94. The maximum absolute atomic E-state index is 15.5. The summed E-state index contributed by atoms with van der Waals surface area (Å²) in [4.78, 5) is 22.8. The highest BCUT2D eigenvalue weighted by Gasteiger charge is 2.34. The van der Waals surface area contributed by atoms with Gasteiger partial charge in [0.05, 0.1) is 23.6 Å². The summed E-state index contributed by atoms with van der Waals surface area (Å²) in [5, 5.41) is 12.7. The number of piperidine rings is 1. The standard InChI is InChI=1S/C24H27ClFN3O3S2/c1-32-16-3-5-21-17(12-16)22(19(25)13-28-21)20(26)4-2-15-6-8-29(14-18(15)23(30)31)9-11-34-24-27-7-10-33-24/h3,5,7,10,12-13,15,18,20H,2,4,6,8-9,11,14H2,1H3,(H,30,31)/t15?,18?,20-/m1/s1. The Bertz CT molecular complexity index is 1120. The molecule has 2 aromatic heterocycles. The van der Waals surface area contributed by atoms with Gasteiger partial charge in [0.2, 0.25) is 0 Å². The number of hydrogen-bond acceptors (Lipinski definition) is 7. The van der Waals surface area contributed by atoms with Gasteiger partial charge in [-0.2, -0.15) is 0 Å². The molecule has 1 fully saturated rings. The lowest BCUT2D eigenvalue weighted by Crippen LogP contribution is -2.44. The van der Waals surface area contributed by atoms with Crippen molar-refractivity contribution in [3.8, 4) is 5.75 Å². The summed E-state index contributed by atoms with van der Waals surface area (Å²) >= 11 is 9.65. The molecule has 34 heavy (non-hydrogen) atoms. The molecule has 4 rings (SSSR count). The molecule has 0 bridgehead atoms. The largest absolute Gasteiger partial charge is 0.497 e. The molecule has 1 N–H and O–H groups in total. The Labute approximate surface area is 211 Å². The summed E-state index contributed by atoms with van der Waals surface area (Å²) < 4.78 is 21.8. The molecular formula is C24H27ClFN3O3S2. The zero-order valence-electron chi connectivity index (χ0n) is 18.8. The van der Waals surface area contributed by atoms with Crippen molar-refractivity contribution in [1.82, 2.24) is 14.9 Å². The number of alkyl halides is 1. The van der Waals surface area contributed by atoms with Gasteiger partial charge in [0.15, 0.2) is 0 Å². The second kappa shape index (κ2) is 11.7. The highest BCUT2D eigenvalue weighted by atomic mass is 35.5. The van der Waals surface area contributed by atoms with E-state index < -0.39 is 18.1 Å². The predicted molar refractivity (Wildman–Crippen MR) is 135 cm³/mol. The van der Waals surface area contributed by atoms with Gasteiger partial charge in [-0.3, -0.25) is 9.78 Å². The minimum Gasteiger partial charge on any atom is -0.497 e. The molecule has 2 unspecified atom stereocenters. The Balaban J connectivity index is 1.38. The monoisotopic (exact) mass is 523 g/mol. The van der Waals surface area contributed by atoms with E-state index in [-0.39, 0.29) is 17.4 Å². The highest BCUT2D eigenvalue weighted by Crippen LogP contribution is 2.38. The summed E-state index contributed by atoms with van der Waals surface area (Å²) in [6, 6.07) is 5.31. The van der Waals surface area contributed by atoms with Crippen molar-refractivity contribution in [3.05, 3.63) is 46.6 Å². The van der Waals surface area contributed by atoms with E-state index in [1.807, 2.05) is 5.38 Å². The minimum absolute atomic E-state index is 0.0694. The van der Waals surface area contributed by atoms with Crippen molar-refractivity contribution in [1.29, 1.82) is 0 Å². The topological polar surface area (TPSA) is 75.5 Å². The van der Waals surface area contributed by atoms with E-state index in [0.29, 0.717) is 35.2 Å². The van der Waals surface area contributed by atoms with Gasteiger partial charge in [0.25, 0.3) is 0 Å². The zero-order chi connectivity index (χ0) is 24.1. The third kappa shape index (κ3) is 6.00. The highest BCUT2D eigenvalue weighted by molar-refractivity contribution is 8.01. The molecule has 0 radical (unpaired) electrons. The first-order valence-corrected chi connectivity index (χ1v) is 13.4. The summed E-state index contributed by atoms with van der Waals surface area (Å²) in [6.45, 7) is 2.12. The van der Waals surface area contributed by atoms with Gasteiger partial charge < -0.3 is 14.7 Å². The quantitative estimate of drug-likeness (QED) is 0.328. The summed E-state index contributed by atoms with van der Waals surface area (Å²) in [5.74, 6) is 0.0930. The Morgan fingerprint density at radius 2 is 2.29 bits per heavy atom. The Morgan fingerprint density at radius 1 is 1.44 bits per heavy atom. The van der Waals surface area contributed by atoms with E-state index in [0.717, 1.165) is 29.6 Å². The number of thioether (sulfide) groups is 1. The zero-order valence-corrected chi connectivity index (χ0v) is 21.2. The molecule has 1 aromatic carbocycles. The Kier molecular flexibility index (Phi) is 8.63. The number of aromatic nitrogens is 2. The fourth-order valence-electron chi connectivity index (χ4n) is 4.56. The second-order valence-electron chi connectivity index (χ2n) is 8.39. The number of methoxy groups -OCH3 is 1. The van der Waals surface area contributed by atoms with E-state index in [4.69, 9.17) is 16.3 Å². The van der Waals surface area contributed by atoms with E-state index in [1.54, 1.807) is 54.6 Å². The van der Waals surface area contributed by atoms with Crippen LogP contribution in [0.5, 0.6) is 5.75 Å². The molecule has 6 nitrogen and oxygen atoms in total. The van der Waals surface area contributed by atoms with Gasteiger partial charge in [0.1, 0.15) is 16.3 Å². The van der Waals surface area contributed by atoms with E-state index in [2.05, 4.69) is 14.9 Å². The van der Waals surface area contributed by atoms with Crippen molar-refractivity contribution in [3.63, 3.8) is 0 Å². The SMILES string of the molecule is COc1ccc2ncc(Cl)c([C@H](F)CCC3CCN(CCSc4nccs4)CC3C(=O)O)c2c1. The number of carboxylic acid groups (broad SMARTS) is 1. The van der Waals surface area contributed by atoms with Gasteiger partial charge in [-0.15, -0.1) is 11.3 Å². The number of ether oxygens (including phenoxy) is 1. The summed E-state index contributed by atoms with van der Waals surface area (Å²) in [7, 11) is 1.56. The van der Waals surface area contributed by atoms with Crippen LogP contribution in [0.25, 0.3) is 10.9 Å². The van der Waals surface area contributed by atoms with Crippen LogP contribution in [0.15, 0.2) is 40.3 Å². The molecule has 0 spiro atoms. The third-order valence-electron chi connectivity index (χ3n) is 6.37. The average Bonchev–Trinajstić information content (AvgIpc) is 3.36. The molecule has 3 heterocycles. The number of aliphatic carboxylic acids is 1. The molecule has 1 aliphatic heterocycles. The molecular weight excluding hydrogens is 497 g/mol. The number of rotatable bonds is 10. The molecule has 3 atom stereocenters. The lowest BCUT2D eigenvalue weighted by Gasteiger charge is -2.36. The van der Waals surface area contributed by atoms with Crippen molar-refractivity contribution >= 4 is 51.6 Å². The van der Waals surface area contributed by atoms with Crippen LogP contribution < -0.4 is 4.74 Å². The van der Waals surface area contributed by atoms with Crippen LogP contribution in [-0.4, -0.2) is 58.4 Å². The molecule has 10 heteroatoms. The van der Waals surface area contributed by atoms with Crippen molar-refractivity contribution in [2.24, 2.45) is 11.8 Å². The van der Waals surface area contributed by atoms with Crippen LogP contribution in [0.1, 0.15) is 31.0 Å². The van der Waals surface area contributed by atoms with Gasteiger partial charge in [0, 0.05) is 47.6 Å². The van der Waals surface area contributed by atoms with Gasteiger partial charge in [-0.05, 0) is 49.9 Å². The molecule has 182 valence electrons. The van der Waals surface area contributed by atoms with Crippen molar-refractivity contribution < 1.29 is 19.0 Å². The lowest BCUT2D eigenvalue weighted by atomic mass is 9.81. The molecule has 1 aliphatic rings. The number of nitrogens with zero attached hydrogens (tertiary/aromatic N) is 3. The first kappa shape index (κ1) is 25.2. The van der Waals surface area contributed by atoms with E-state index >= 15 is 4.39 Å². The van der Waals surface area contributed by atoms with Crippen LogP contribution in [0.3, 0.4) is 0 Å². The molecule has 1 saturated heterocycles. The maximum Gasteiger partial charge on any atom is 0.308 e. The van der Waals surface area contributed by atoms with Crippen molar-refractivity contribution in [2.45, 2.75) is 29.8 Å². The van der Waals surface area contributed by atoms with Crippen LogP contribution in [0, 0.1) is 11.8 Å². The number of thiazole rings is 1. The van der Waals surface area contributed by atoms with E-state index in [1.165, 1.54) is 6.20 Å². The fraction of sp³-hybridized carbons (Fsp3) is 0.458. The van der Waals surface area contributed by atoms with Gasteiger partial charge in [-0.1, -0.05) is 23.4 Å². The van der Waals surface area contributed by atoms with Crippen LogP contribution in [-0.2, 0) is 4.79 Å². The fourth-order valence-corrected chi connectivity index (χ4v) is 6.54. The number of halogens is 2. The predicted octanol–water partition coefficient (Wildman–Crippen LogP) is 5.96. The summed E-state index contributed by atoms with van der Waals surface area (Å²) in [6.07, 6.45) is 3.39. The average molecular weight is 524 g/mol. The Morgan fingerprint density at radius 3 is 3.03 bits per heavy atom. The molecule has 3 aromatic rings. The number of carboxylic acids is 1. The molecule has 0 amide bonds. The number of fused-ring (bicyclic) bond motifs is 1. The van der Waals surface area contributed by atoms with E-state index in [9.17, 15) is 9.90 Å².